The Hall–Kier alpha value is -1.94. The highest BCUT2D eigenvalue weighted by Crippen LogP contribution is 2.14. The van der Waals surface area contributed by atoms with Crippen LogP contribution in [-0.2, 0) is 13.1 Å². The van der Waals surface area contributed by atoms with Crippen molar-refractivity contribution in [1.29, 1.82) is 0 Å². The summed E-state index contributed by atoms with van der Waals surface area (Å²) in [6.45, 7) is 3.27. The van der Waals surface area contributed by atoms with E-state index >= 15 is 0 Å². The minimum Gasteiger partial charge on any atom is -0.354 e. The lowest BCUT2D eigenvalue weighted by atomic mass is 10.1. The predicted molar refractivity (Wildman–Crippen MR) is 73.2 cm³/mol. The van der Waals surface area contributed by atoms with Crippen molar-refractivity contribution in [3.8, 4) is 0 Å². The van der Waals surface area contributed by atoms with Crippen molar-refractivity contribution in [3.05, 3.63) is 53.2 Å². The van der Waals surface area contributed by atoms with Gasteiger partial charge < -0.3 is 10.6 Å². The Bertz CT molecular complexity index is 507. The number of hydrogen-bond acceptors (Lipinski definition) is 4. The van der Waals surface area contributed by atoms with Crippen LogP contribution >= 0.6 is 0 Å². The van der Waals surface area contributed by atoms with E-state index in [1.54, 1.807) is 0 Å². The van der Waals surface area contributed by atoms with Crippen molar-refractivity contribution >= 4 is 5.82 Å². The minimum absolute atomic E-state index is 0.559. The van der Waals surface area contributed by atoms with Gasteiger partial charge in [-0.2, -0.15) is 5.10 Å². The van der Waals surface area contributed by atoms with E-state index in [9.17, 15) is 0 Å². The zero-order valence-electron chi connectivity index (χ0n) is 10.8. The fourth-order valence-corrected chi connectivity index (χ4v) is 1.84. The maximum atomic E-state index is 5.74. The van der Waals surface area contributed by atoms with Crippen LogP contribution in [0.15, 0.2) is 36.4 Å². The first-order valence-corrected chi connectivity index (χ1v) is 5.99. The first kappa shape index (κ1) is 12.5. The SMILES string of the molecule is Cc1ccc(N(C)Cc2ccccc2CN)nn1. The van der Waals surface area contributed by atoms with Crippen molar-refractivity contribution in [2.45, 2.75) is 20.0 Å². The minimum atomic E-state index is 0.559. The van der Waals surface area contributed by atoms with Crippen LogP contribution in [0.3, 0.4) is 0 Å². The Balaban J connectivity index is 2.15. The van der Waals surface area contributed by atoms with Gasteiger partial charge in [-0.25, -0.2) is 0 Å². The Morgan fingerprint density at radius 1 is 1.06 bits per heavy atom. The Kier molecular flexibility index (Phi) is 3.89. The molecule has 0 spiro atoms. The van der Waals surface area contributed by atoms with Gasteiger partial charge in [0.2, 0.25) is 0 Å². The molecule has 94 valence electrons. The predicted octanol–water partition coefficient (Wildman–Crippen LogP) is 1.88. The fourth-order valence-electron chi connectivity index (χ4n) is 1.84. The molecular formula is C14H18N4. The highest BCUT2D eigenvalue weighted by molar-refractivity contribution is 5.39. The van der Waals surface area contributed by atoms with Gasteiger partial charge in [0, 0.05) is 20.1 Å². The molecule has 1 heterocycles. The quantitative estimate of drug-likeness (QED) is 0.889. The van der Waals surface area contributed by atoms with Crippen LogP contribution in [0.2, 0.25) is 0 Å². The molecule has 0 amide bonds. The van der Waals surface area contributed by atoms with Crippen LogP contribution < -0.4 is 10.6 Å². The average molecular weight is 242 g/mol. The summed E-state index contributed by atoms with van der Waals surface area (Å²) in [7, 11) is 2.01. The number of nitrogens with two attached hydrogens (primary N) is 1. The molecule has 0 aliphatic rings. The summed E-state index contributed by atoms with van der Waals surface area (Å²) in [5, 5.41) is 8.24. The fraction of sp³-hybridized carbons (Fsp3) is 0.286. The van der Waals surface area contributed by atoms with Gasteiger partial charge in [-0.1, -0.05) is 24.3 Å². The molecule has 0 aliphatic carbocycles. The van der Waals surface area contributed by atoms with Crippen molar-refractivity contribution in [2.24, 2.45) is 5.73 Å². The molecule has 4 heteroatoms. The third kappa shape index (κ3) is 2.84. The molecule has 2 N–H and O–H groups in total. The summed E-state index contributed by atoms with van der Waals surface area (Å²) in [6, 6.07) is 12.1. The van der Waals surface area contributed by atoms with Crippen LogP contribution in [0.1, 0.15) is 16.8 Å². The Morgan fingerprint density at radius 3 is 2.39 bits per heavy atom. The number of benzene rings is 1. The standard InChI is InChI=1S/C14H18N4/c1-11-7-8-14(17-16-11)18(2)10-13-6-4-3-5-12(13)9-15/h3-8H,9-10,15H2,1-2H3. The zero-order valence-corrected chi connectivity index (χ0v) is 10.8. The van der Waals surface area contributed by atoms with Crippen LogP contribution in [0.5, 0.6) is 0 Å². The number of rotatable bonds is 4. The first-order valence-electron chi connectivity index (χ1n) is 5.99. The number of anilines is 1. The number of nitrogens with zero attached hydrogens (tertiary/aromatic N) is 3. The molecule has 0 saturated heterocycles. The van der Waals surface area contributed by atoms with Crippen LogP contribution in [0.25, 0.3) is 0 Å². The maximum absolute atomic E-state index is 5.74. The molecule has 0 unspecified atom stereocenters. The molecule has 0 radical (unpaired) electrons. The second-order valence-corrected chi connectivity index (χ2v) is 4.36. The second kappa shape index (κ2) is 5.60. The van der Waals surface area contributed by atoms with Crippen LogP contribution in [0, 0.1) is 6.92 Å². The zero-order chi connectivity index (χ0) is 13.0. The molecule has 0 bridgehead atoms. The highest BCUT2D eigenvalue weighted by atomic mass is 15.2. The third-order valence-electron chi connectivity index (χ3n) is 2.92. The lowest BCUT2D eigenvalue weighted by Gasteiger charge is -2.19. The topological polar surface area (TPSA) is 55.0 Å². The first-order chi connectivity index (χ1) is 8.70. The molecule has 0 saturated carbocycles. The van der Waals surface area contributed by atoms with E-state index in [-0.39, 0.29) is 0 Å². The largest absolute Gasteiger partial charge is 0.354 e. The Morgan fingerprint density at radius 2 is 1.78 bits per heavy atom. The van der Waals surface area contributed by atoms with Crippen molar-refractivity contribution in [3.63, 3.8) is 0 Å². The molecule has 2 aromatic rings. The van der Waals surface area contributed by atoms with E-state index in [0.717, 1.165) is 18.1 Å². The lowest BCUT2D eigenvalue weighted by molar-refractivity contribution is 0.844. The van der Waals surface area contributed by atoms with E-state index in [4.69, 9.17) is 5.73 Å². The summed E-state index contributed by atoms with van der Waals surface area (Å²) in [4.78, 5) is 2.07. The molecule has 2 rings (SSSR count). The van der Waals surface area contributed by atoms with Crippen LogP contribution in [-0.4, -0.2) is 17.2 Å². The number of aryl methyl sites for hydroxylation is 1. The number of aromatic nitrogens is 2. The summed E-state index contributed by atoms with van der Waals surface area (Å²) < 4.78 is 0. The smallest absolute Gasteiger partial charge is 0.151 e. The van der Waals surface area contributed by atoms with E-state index in [1.807, 2.05) is 38.2 Å². The van der Waals surface area contributed by atoms with Gasteiger partial charge in [-0.3, -0.25) is 0 Å². The summed E-state index contributed by atoms with van der Waals surface area (Å²) in [5.41, 5.74) is 9.06. The Labute approximate surface area is 107 Å². The monoisotopic (exact) mass is 242 g/mol. The highest BCUT2D eigenvalue weighted by Gasteiger charge is 2.06. The van der Waals surface area contributed by atoms with Gasteiger partial charge in [0.1, 0.15) is 0 Å². The van der Waals surface area contributed by atoms with Gasteiger partial charge in [0.25, 0.3) is 0 Å². The molecule has 1 aromatic carbocycles. The average Bonchev–Trinajstić information content (AvgIpc) is 2.40. The maximum Gasteiger partial charge on any atom is 0.151 e. The molecule has 18 heavy (non-hydrogen) atoms. The van der Waals surface area contributed by atoms with E-state index in [2.05, 4.69) is 27.2 Å². The van der Waals surface area contributed by atoms with Gasteiger partial charge >= 0.3 is 0 Å². The van der Waals surface area contributed by atoms with Gasteiger partial charge in [-0.05, 0) is 30.2 Å². The molecule has 0 fully saturated rings. The van der Waals surface area contributed by atoms with Crippen molar-refractivity contribution in [2.75, 3.05) is 11.9 Å². The third-order valence-corrected chi connectivity index (χ3v) is 2.92. The number of hydrogen-bond donors (Lipinski definition) is 1. The second-order valence-electron chi connectivity index (χ2n) is 4.36. The lowest BCUT2D eigenvalue weighted by Crippen LogP contribution is -2.19. The van der Waals surface area contributed by atoms with Crippen molar-refractivity contribution < 1.29 is 0 Å². The summed E-state index contributed by atoms with van der Waals surface area (Å²) in [6.07, 6.45) is 0. The van der Waals surface area contributed by atoms with E-state index < -0.39 is 0 Å². The molecule has 0 aliphatic heterocycles. The molecular weight excluding hydrogens is 224 g/mol. The van der Waals surface area contributed by atoms with Gasteiger partial charge in [0.05, 0.1) is 5.69 Å². The molecule has 1 aromatic heterocycles. The normalized spacial score (nSPS) is 10.4. The van der Waals surface area contributed by atoms with Crippen molar-refractivity contribution in [1.82, 2.24) is 10.2 Å². The van der Waals surface area contributed by atoms with Gasteiger partial charge in [-0.15, -0.1) is 5.10 Å². The van der Waals surface area contributed by atoms with Gasteiger partial charge in [0.15, 0.2) is 5.82 Å². The van der Waals surface area contributed by atoms with Crippen LogP contribution in [0.4, 0.5) is 5.82 Å². The molecule has 4 nitrogen and oxygen atoms in total. The van der Waals surface area contributed by atoms with E-state index in [1.165, 1.54) is 11.1 Å². The van der Waals surface area contributed by atoms with E-state index in [0.29, 0.717) is 6.54 Å². The summed E-state index contributed by atoms with van der Waals surface area (Å²) >= 11 is 0. The summed E-state index contributed by atoms with van der Waals surface area (Å²) in [5.74, 6) is 0.868. The molecule has 0 atom stereocenters.